The van der Waals surface area contributed by atoms with E-state index in [0.29, 0.717) is 35.2 Å². The van der Waals surface area contributed by atoms with Crippen LogP contribution in [0.3, 0.4) is 0 Å². The number of aliphatic carboxylic acids is 1. The number of benzene rings is 2. The van der Waals surface area contributed by atoms with Crippen LogP contribution in [0.2, 0.25) is 10.0 Å². The molecule has 0 unspecified atom stereocenters. The van der Waals surface area contributed by atoms with E-state index >= 15 is 0 Å². The van der Waals surface area contributed by atoms with Gasteiger partial charge < -0.3 is 10.4 Å². The van der Waals surface area contributed by atoms with E-state index in [1.54, 1.807) is 30.3 Å². The zero-order valence-electron chi connectivity index (χ0n) is 17.4. The molecule has 7 nitrogen and oxygen atoms in total. The topological polar surface area (TPSA) is 104 Å². The number of carboxylic acid groups (broad SMARTS) is 1. The SMILES string of the molecule is O=C(N[C@@H](Cc1ccc(N2C(=O)C3=C(CCCC3)C2=O)cc1)C(=O)O)c1c(Cl)cccc1Cl. The number of hydrogen-bond acceptors (Lipinski definition) is 4. The number of carboxylic acids is 1. The Kier molecular flexibility index (Phi) is 6.54. The second kappa shape index (κ2) is 9.37. The van der Waals surface area contributed by atoms with Gasteiger partial charge in [0, 0.05) is 17.6 Å². The van der Waals surface area contributed by atoms with Gasteiger partial charge >= 0.3 is 5.97 Å². The molecule has 0 saturated heterocycles. The van der Waals surface area contributed by atoms with Crippen LogP contribution in [0.5, 0.6) is 0 Å². The van der Waals surface area contributed by atoms with Crippen LogP contribution in [0.1, 0.15) is 41.6 Å². The van der Waals surface area contributed by atoms with Crippen molar-refractivity contribution in [2.75, 3.05) is 4.90 Å². The van der Waals surface area contributed by atoms with Crippen LogP contribution < -0.4 is 10.2 Å². The highest BCUT2D eigenvalue weighted by molar-refractivity contribution is 6.39. The second-order valence-corrected chi connectivity index (χ2v) is 8.76. The fraction of sp³-hybridized carbons (Fsp3) is 0.250. The molecule has 33 heavy (non-hydrogen) atoms. The number of anilines is 1. The maximum atomic E-state index is 12.7. The summed E-state index contributed by atoms with van der Waals surface area (Å²) in [5, 5.41) is 12.3. The molecule has 170 valence electrons. The third-order valence-electron chi connectivity index (χ3n) is 5.82. The van der Waals surface area contributed by atoms with Crippen molar-refractivity contribution >= 4 is 52.6 Å². The van der Waals surface area contributed by atoms with Gasteiger partial charge in [0.15, 0.2) is 0 Å². The third-order valence-corrected chi connectivity index (χ3v) is 6.45. The summed E-state index contributed by atoms with van der Waals surface area (Å²) in [6, 6.07) is 9.81. The summed E-state index contributed by atoms with van der Waals surface area (Å²) in [6.45, 7) is 0. The molecule has 2 N–H and O–H groups in total. The van der Waals surface area contributed by atoms with Crippen LogP contribution in [-0.4, -0.2) is 34.8 Å². The lowest BCUT2D eigenvalue weighted by Crippen LogP contribution is -2.42. The second-order valence-electron chi connectivity index (χ2n) is 7.94. The van der Waals surface area contributed by atoms with Crippen molar-refractivity contribution < 1.29 is 24.3 Å². The van der Waals surface area contributed by atoms with E-state index in [1.165, 1.54) is 17.0 Å². The number of rotatable bonds is 6. The number of nitrogens with zero attached hydrogens (tertiary/aromatic N) is 1. The molecule has 2 aliphatic rings. The van der Waals surface area contributed by atoms with E-state index in [-0.39, 0.29) is 33.8 Å². The molecule has 2 aromatic rings. The molecule has 1 aliphatic carbocycles. The van der Waals surface area contributed by atoms with Gasteiger partial charge in [0.25, 0.3) is 17.7 Å². The maximum absolute atomic E-state index is 12.7. The zero-order valence-corrected chi connectivity index (χ0v) is 18.9. The first-order valence-corrected chi connectivity index (χ1v) is 11.2. The lowest BCUT2D eigenvalue weighted by atomic mass is 9.93. The first-order chi connectivity index (χ1) is 15.8. The zero-order chi connectivity index (χ0) is 23.7. The minimum Gasteiger partial charge on any atom is -0.480 e. The van der Waals surface area contributed by atoms with Crippen LogP contribution in [0, 0.1) is 0 Å². The minimum atomic E-state index is -1.24. The molecular weight excluding hydrogens is 467 g/mol. The fourth-order valence-corrected chi connectivity index (χ4v) is 4.71. The van der Waals surface area contributed by atoms with Gasteiger partial charge in [-0.3, -0.25) is 14.4 Å². The molecule has 1 atom stereocenters. The molecule has 1 heterocycles. The van der Waals surface area contributed by atoms with E-state index in [2.05, 4.69) is 5.32 Å². The molecule has 9 heteroatoms. The van der Waals surface area contributed by atoms with Gasteiger partial charge in [-0.25, -0.2) is 9.69 Å². The number of amides is 3. The van der Waals surface area contributed by atoms with Crippen LogP contribution in [0.25, 0.3) is 0 Å². The highest BCUT2D eigenvalue weighted by atomic mass is 35.5. The van der Waals surface area contributed by atoms with Gasteiger partial charge in [-0.05, 0) is 55.5 Å². The van der Waals surface area contributed by atoms with E-state index in [4.69, 9.17) is 23.2 Å². The minimum absolute atomic E-state index is 0.00459. The fourth-order valence-electron chi connectivity index (χ4n) is 4.14. The van der Waals surface area contributed by atoms with E-state index in [0.717, 1.165) is 12.8 Å². The lowest BCUT2D eigenvalue weighted by molar-refractivity contribution is -0.139. The van der Waals surface area contributed by atoms with Gasteiger partial charge in [-0.1, -0.05) is 41.4 Å². The Morgan fingerprint density at radius 2 is 1.48 bits per heavy atom. The van der Waals surface area contributed by atoms with Gasteiger partial charge in [0.1, 0.15) is 6.04 Å². The van der Waals surface area contributed by atoms with Crippen molar-refractivity contribution in [1.82, 2.24) is 5.32 Å². The number of carbonyl (C=O) groups excluding carboxylic acids is 3. The Bertz CT molecular complexity index is 1140. The van der Waals surface area contributed by atoms with Gasteiger partial charge in [-0.2, -0.15) is 0 Å². The Morgan fingerprint density at radius 3 is 2.00 bits per heavy atom. The molecule has 4 rings (SSSR count). The van der Waals surface area contributed by atoms with E-state index < -0.39 is 17.9 Å². The van der Waals surface area contributed by atoms with Crippen molar-refractivity contribution in [3.8, 4) is 0 Å². The first kappa shape index (κ1) is 23.0. The summed E-state index contributed by atoms with van der Waals surface area (Å²) in [5.74, 6) is -2.48. The molecule has 3 amide bonds. The highest BCUT2D eigenvalue weighted by Gasteiger charge is 2.39. The quantitative estimate of drug-likeness (QED) is 0.596. The Morgan fingerprint density at radius 1 is 0.939 bits per heavy atom. The highest BCUT2D eigenvalue weighted by Crippen LogP contribution is 2.35. The number of carbonyl (C=O) groups is 4. The number of halogens is 2. The number of nitrogens with one attached hydrogen (secondary N) is 1. The molecule has 0 bridgehead atoms. The third kappa shape index (κ3) is 4.51. The van der Waals surface area contributed by atoms with Crippen molar-refractivity contribution in [3.05, 3.63) is 74.8 Å². The standard InChI is InChI=1S/C24H20Cl2N2O5/c25-17-6-3-7-18(26)20(17)21(29)27-19(24(32)33)12-13-8-10-14(11-9-13)28-22(30)15-4-1-2-5-16(15)23(28)31/h3,6-11,19H,1-2,4-5,12H2,(H,27,29)(H,32,33)/t19-/m0/s1. The van der Waals surface area contributed by atoms with Crippen molar-refractivity contribution in [3.63, 3.8) is 0 Å². The summed E-state index contributed by atoms with van der Waals surface area (Å²) >= 11 is 12.1. The predicted molar refractivity (Wildman–Crippen MR) is 123 cm³/mol. The normalized spacial score (nSPS) is 16.6. The van der Waals surface area contributed by atoms with Gasteiger partial charge in [-0.15, -0.1) is 0 Å². The average Bonchev–Trinajstić information content (AvgIpc) is 3.04. The Hall–Kier alpha value is -3.16. The largest absolute Gasteiger partial charge is 0.480 e. The summed E-state index contributed by atoms with van der Waals surface area (Å²) in [5.41, 5.74) is 2.24. The van der Waals surface area contributed by atoms with Gasteiger partial charge in [0.2, 0.25) is 0 Å². The van der Waals surface area contributed by atoms with Crippen molar-refractivity contribution in [2.45, 2.75) is 38.1 Å². The molecule has 0 saturated carbocycles. The molecule has 0 aromatic heterocycles. The summed E-state index contributed by atoms with van der Waals surface area (Å²) in [6.07, 6.45) is 3.01. The molecule has 1 aliphatic heterocycles. The summed E-state index contributed by atoms with van der Waals surface area (Å²) in [7, 11) is 0. The molecule has 2 aromatic carbocycles. The monoisotopic (exact) mass is 486 g/mol. The number of imide groups is 1. The molecule has 0 fully saturated rings. The predicted octanol–water partition coefficient (Wildman–Crippen LogP) is 4.16. The molecule has 0 radical (unpaired) electrons. The van der Waals surface area contributed by atoms with Crippen LogP contribution >= 0.6 is 23.2 Å². The number of hydrogen-bond donors (Lipinski definition) is 2. The summed E-state index contributed by atoms with van der Waals surface area (Å²) < 4.78 is 0. The van der Waals surface area contributed by atoms with Crippen molar-refractivity contribution in [2.24, 2.45) is 0 Å². The first-order valence-electron chi connectivity index (χ1n) is 10.5. The molecular formula is C24H20Cl2N2O5. The van der Waals surface area contributed by atoms with Crippen LogP contribution in [-0.2, 0) is 20.8 Å². The Balaban J connectivity index is 1.48. The molecule has 0 spiro atoms. The Labute approximate surface area is 200 Å². The van der Waals surface area contributed by atoms with Crippen LogP contribution in [0.4, 0.5) is 5.69 Å². The van der Waals surface area contributed by atoms with E-state index in [9.17, 15) is 24.3 Å². The van der Waals surface area contributed by atoms with Gasteiger partial charge in [0.05, 0.1) is 21.3 Å². The smallest absolute Gasteiger partial charge is 0.326 e. The average molecular weight is 487 g/mol. The van der Waals surface area contributed by atoms with Crippen molar-refractivity contribution in [1.29, 1.82) is 0 Å². The van der Waals surface area contributed by atoms with Crippen LogP contribution in [0.15, 0.2) is 53.6 Å². The summed E-state index contributed by atoms with van der Waals surface area (Å²) in [4.78, 5) is 51.0. The lowest BCUT2D eigenvalue weighted by Gasteiger charge is -2.18. The maximum Gasteiger partial charge on any atom is 0.326 e. The van der Waals surface area contributed by atoms with E-state index in [1.807, 2.05) is 0 Å².